The number of anilines is 1. The number of piperidine rings is 1. The van der Waals surface area contributed by atoms with Gasteiger partial charge in [-0.15, -0.1) is 0 Å². The van der Waals surface area contributed by atoms with Crippen molar-refractivity contribution in [2.75, 3.05) is 25.0 Å². The average molecular weight is 464 g/mol. The van der Waals surface area contributed by atoms with Gasteiger partial charge in [-0.1, -0.05) is 0 Å². The number of halogens is 3. The van der Waals surface area contributed by atoms with Crippen molar-refractivity contribution < 1.29 is 32.6 Å². The molecule has 2 N–H and O–H groups in total. The average Bonchev–Trinajstić information content (AvgIpc) is 3.44. The van der Waals surface area contributed by atoms with E-state index in [1.54, 1.807) is 25.1 Å². The van der Waals surface area contributed by atoms with Crippen molar-refractivity contribution in [2.24, 2.45) is 5.92 Å². The third-order valence-corrected chi connectivity index (χ3v) is 5.78. The van der Waals surface area contributed by atoms with Gasteiger partial charge in [-0.2, -0.15) is 0 Å². The number of carbonyl (C=O) groups excluding carboxylic acids is 2. The van der Waals surface area contributed by atoms with Gasteiger partial charge in [-0.25, -0.2) is 23.1 Å². The van der Waals surface area contributed by atoms with Crippen molar-refractivity contribution in [3.05, 3.63) is 36.2 Å². The summed E-state index contributed by atoms with van der Waals surface area (Å²) in [4.78, 5) is 32.8. The normalized spacial score (nSPS) is 23.7. The van der Waals surface area contributed by atoms with E-state index in [0.717, 1.165) is 5.56 Å². The molecule has 1 aliphatic heterocycles. The second-order valence-electron chi connectivity index (χ2n) is 8.23. The lowest BCUT2D eigenvalue weighted by Gasteiger charge is -2.34. The number of rotatable bonds is 6. The van der Waals surface area contributed by atoms with Gasteiger partial charge in [0.2, 0.25) is 11.8 Å². The molecule has 4 rings (SSSR count). The molecule has 1 aromatic heterocycles. The lowest BCUT2D eigenvalue weighted by Crippen LogP contribution is -2.50. The Balaban J connectivity index is 1.42. The van der Waals surface area contributed by atoms with E-state index in [-0.39, 0.29) is 12.4 Å². The van der Waals surface area contributed by atoms with Crippen LogP contribution in [0.25, 0.3) is 11.3 Å². The summed E-state index contributed by atoms with van der Waals surface area (Å²) in [6.45, 7) is 1.29. The molecule has 0 radical (unpaired) electrons. The number of aryl methyl sites for hydroxylation is 1. The van der Waals surface area contributed by atoms with Crippen LogP contribution in [0.15, 0.2) is 30.6 Å². The Morgan fingerprint density at radius 3 is 2.70 bits per heavy atom. The van der Waals surface area contributed by atoms with Gasteiger partial charge in [0.25, 0.3) is 5.92 Å². The van der Waals surface area contributed by atoms with Gasteiger partial charge >= 0.3 is 0 Å². The fourth-order valence-corrected chi connectivity index (χ4v) is 3.74. The Kier molecular flexibility index (Phi) is 6.24. The molecule has 1 saturated heterocycles. The number of amides is 2. The molecule has 2 aliphatic rings. The molecule has 1 saturated carbocycles. The van der Waals surface area contributed by atoms with Crippen LogP contribution in [0.2, 0.25) is 0 Å². The minimum Gasteiger partial charge on any atom is -0.487 e. The largest absolute Gasteiger partial charge is 0.487 e. The summed E-state index contributed by atoms with van der Waals surface area (Å²) in [5.41, 5.74) is 1.86. The van der Waals surface area contributed by atoms with E-state index in [0.29, 0.717) is 30.0 Å². The SMILES string of the molecule is Cc1cc(-c2cc(NC(=O)C3CC3(F)F)ncn2)ccc1O[C@H]1CCN(C(=O)CO)C[C@H]1F. The molecule has 2 amide bonds. The van der Waals surface area contributed by atoms with Gasteiger partial charge in [0, 0.05) is 31.0 Å². The molecule has 8 nitrogen and oxygen atoms in total. The van der Waals surface area contributed by atoms with Crippen LogP contribution < -0.4 is 10.1 Å². The van der Waals surface area contributed by atoms with E-state index in [2.05, 4.69) is 15.3 Å². The number of nitrogens with one attached hydrogen (secondary N) is 1. The van der Waals surface area contributed by atoms with Crippen molar-refractivity contribution in [3.8, 4) is 17.0 Å². The summed E-state index contributed by atoms with van der Waals surface area (Å²) in [7, 11) is 0. The van der Waals surface area contributed by atoms with Crippen LogP contribution in [-0.4, -0.2) is 69.7 Å². The summed E-state index contributed by atoms with van der Waals surface area (Å²) in [5, 5.41) is 11.3. The Morgan fingerprint density at radius 1 is 1.30 bits per heavy atom. The second-order valence-corrected chi connectivity index (χ2v) is 8.23. The number of aliphatic hydroxyl groups is 1. The highest BCUT2D eigenvalue weighted by molar-refractivity contribution is 5.94. The number of hydrogen-bond acceptors (Lipinski definition) is 6. The van der Waals surface area contributed by atoms with Crippen LogP contribution in [0.5, 0.6) is 5.75 Å². The van der Waals surface area contributed by atoms with E-state index in [1.807, 2.05) is 0 Å². The van der Waals surface area contributed by atoms with Crippen LogP contribution in [-0.2, 0) is 9.59 Å². The fourth-order valence-electron chi connectivity index (χ4n) is 3.74. The molecular formula is C22H23F3N4O4. The van der Waals surface area contributed by atoms with Crippen molar-refractivity contribution in [2.45, 2.75) is 38.0 Å². The molecule has 1 aliphatic carbocycles. The van der Waals surface area contributed by atoms with Gasteiger partial charge in [0.15, 0.2) is 6.17 Å². The van der Waals surface area contributed by atoms with Gasteiger partial charge in [-0.3, -0.25) is 9.59 Å². The van der Waals surface area contributed by atoms with E-state index in [1.165, 1.54) is 17.3 Å². The minimum absolute atomic E-state index is 0.120. The lowest BCUT2D eigenvalue weighted by molar-refractivity contribution is -0.138. The highest BCUT2D eigenvalue weighted by Gasteiger charge is 2.61. The maximum atomic E-state index is 14.5. The first kappa shape index (κ1) is 23.0. The zero-order valence-electron chi connectivity index (χ0n) is 17.8. The third kappa shape index (κ3) is 5.08. The predicted molar refractivity (Wildman–Crippen MR) is 111 cm³/mol. The molecule has 176 valence electrons. The molecule has 33 heavy (non-hydrogen) atoms. The Labute approximate surface area is 187 Å². The molecule has 11 heteroatoms. The monoisotopic (exact) mass is 464 g/mol. The Hall–Kier alpha value is -3.21. The maximum Gasteiger partial charge on any atom is 0.260 e. The zero-order valence-corrected chi connectivity index (χ0v) is 17.8. The lowest BCUT2D eigenvalue weighted by atomic mass is 10.0. The third-order valence-electron chi connectivity index (χ3n) is 5.78. The van der Waals surface area contributed by atoms with Gasteiger partial charge in [-0.05, 0) is 30.7 Å². The fraction of sp³-hybridized carbons (Fsp3) is 0.455. The van der Waals surface area contributed by atoms with Gasteiger partial charge < -0.3 is 20.1 Å². The first-order chi connectivity index (χ1) is 15.7. The highest BCUT2D eigenvalue weighted by Crippen LogP contribution is 2.49. The Morgan fingerprint density at radius 2 is 2.06 bits per heavy atom. The molecule has 3 atom stereocenters. The van der Waals surface area contributed by atoms with Crippen LogP contribution in [0, 0.1) is 12.8 Å². The predicted octanol–water partition coefficient (Wildman–Crippen LogP) is 2.36. The Bertz CT molecular complexity index is 1070. The molecule has 0 spiro atoms. The van der Waals surface area contributed by atoms with Gasteiger partial charge in [0.1, 0.15) is 36.5 Å². The zero-order chi connectivity index (χ0) is 23.8. The summed E-state index contributed by atoms with van der Waals surface area (Å²) >= 11 is 0. The summed E-state index contributed by atoms with van der Waals surface area (Å²) in [6.07, 6.45) is -1.05. The molecule has 1 unspecified atom stereocenters. The molecule has 2 aromatic rings. The number of ether oxygens (including phenoxy) is 1. The quantitative estimate of drug-likeness (QED) is 0.680. The molecular weight excluding hydrogens is 441 g/mol. The number of carbonyl (C=O) groups is 2. The second kappa shape index (κ2) is 8.97. The van der Waals surface area contributed by atoms with Crippen LogP contribution in [0.3, 0.4) is 0 Å². The molecule has 0 bridgehead atoms. The summed E-state index contributed by atoms with van der Waals surface area (Å²) in [6, 6.07) is 6.64. The van der Waals surface area contributed by atoms with Crippen LogP contribution in [0.1, 0.15) is 18.4 Å². The van der Waals surface area contributed by atoms with Crippen molar-refractivity contribution in [3.63, 3.8) is 0 Å². The first-order valence-electron chi connectivity index (χ1n) is 10.5. The van der Waals surface area contributed by atoms with Crippen LogP contribution >= 0.6 is 0 Å². The van der Waals surface area contributed by atoms with E-state index >= 15 is 0 Å². The minimum atomic E-state index is -2.96. The van der Waals surface area contributed by atoms with Crippen LogP contribution in [0.4, 0.5) is 19.0 Å². The number of alkyl halides is 3. The maximum absolute atomic E-state index is 14.5. The number of aliphatic hydroxyl groups excluding tert-OH is 1. The van der Waals surface area contributed by atoms with Crippen molar-refractivity contribution in [1.82, 2.24) is 14.9 Å². The first-order valence-corrected chi connectivity index (χ1v) is 10.5. The molecule has 2 heterocycles. The number of hydrogen-bond donors (Lipinski definition) is 2. The summed E-state index contributed by atoms with van der Waals surface area (Å²) in [5.74, 6) is -4.99. The highest BCUT2D eigenvalue weighted by atomic mass is 19.3. The van der Waals surface area contributed by atoms with Crippen molar-refractivity contribution in [1.29, 1.82) is 0 Å². The molecule has 1 aromatic carbocycles. The van der Waals surface area contributed by atoms with E-state index < -0.39 is 49.0 Å². The van der Waals surface area contributed by atoms with Gasteiger partial charge in [0.05, 0.1) is 12.2 Å². The molecule has 2 fully saturated rings. The van der Waals surface area contributed by atoms with Crippen molar-refractivity contribution >= 4 is 17.6 Å². The number of aromatic nitrogens is 2. The standard InChI is InChI=1S/C22H23F3N4O4/c1-12-6-13(16-7-19(27-11-26-16)28-21(32)14-8-22(14,24)25)2-3-17(12)33-18-4-5-29(9-15(18)23)20(31)10-30/h2-3,6-7,11,14-15,18,30H,4-5,8-10H2,1H3,(H,26,27,28,32)/t14?,15-,18+/m1/s1. The smallest absolute Gasteiger partial charge is 0.260 e. The summed E-state index contributed by atoms with van der Waals surface area (Å²) < 4.78 is 46.5. The van der Waals surface area contributed by atoms with E-state index in [9.17, 15) is 22.8 Å². The number of nitrogens with zero attached hydrogens (tertiary/aromatic N) is 3. The number of benzene rings is 1. The van der Waals surface area contributed by atoms with E-state index in [4.69, 9.17) is 9.84 Å². The topological polar surface area (TPSA) is 105 Å². The number of likely N-dealkylation sites (tertiary alicyclic amines) is 1.